The van der Waals surface area contributed by atoms with Gasteiger partial charge in [0, 0.05) is 17.5 Å². The summed E-state index contributed by atoms with van der Waals surface area (Å²) >= 11 is 0. The molecule has 0 aromatic heterocycles. The van der Waals surface area contributed by atoms with Crippen LogP contribution in [0.2, 0.25) is 0 Å². The molecule has 0 radical (unpaired) electrons. The van der Waals surface area contributed by atoms with E-state index >= 15 is 0 Å². The Balaban J connectivity index is 5.39. The smallest absolute Gasteiger partial charge is 0.211 e. The van der Waals surface area contributed by atoms with Crippen LogP contribution in [0.15, 0.2) is 0 Å². The molecule has 0 heterocycles. The second-order valence-electron chi connectivity index (χ2n) is 8.20. The summed E-state index contributed by atoms with van der Waals surface area (Å²) in [6, 6.07) is 0. The summed E-state index contributed by atoms with van der Waals surface area (Å²) < 4.78 is 25.4. The molecule has 0 rings (SSSR count). The van der Waals surface area contributed by atoms with Gasteiger partial charge in [-0.25, -0.2) is 8.42 Å². The van der Waals surface area contributed by atoms with E-state index in [1.165, 1.54) is 10.6 Å². The van der Waals surface area contributed by atoms with E-state index in [0.29, 0.717) is 6.54 Å². The van der Waals surface area contributed by atoms with E-state index in [0.717, 1.165) is 0 Å². The molecular weight excluding hydrogens is 262 g/mol. The molecule has 4 nitrogen and oxygen atoms in total. The molecule has 0 aliphatic rings. The number of hydrogen-bond acceptors (Lipinski definition) is 3. The minimum absolute atomic E-state index is 0.287. The Labute approximate surface area is 119 Å². The average Bonchev–Trinajstić information content (AvgIpc) is 2.08. The quantitative estimate of drug-likeness (QED) is 0.866. The summed E-state index contributed by atoms with van der Waals surface area (Å²) in [5.41, 5.74) is -1.30. The number of nitrogens with zero attached hydrogens (tertiary/aromatic N) is 1. The predicted octanol–water partition coefficient (Wildman–Crippen LogP) is 2.48. The Morgan fingerprint density at radius 3 is 1.58 bits per heavy atom. The fourth-order valence-corrected chi connectivity index (χ4v) is 4.04. The SMILES string of the molecule is CC(C)(C)C(O)C(C)(C)CN(C(C)(C)C)S(C)(=O)=O. The van der Waals surface area contributed by atoms with Gasteiger partial charge in [-0.2, -0.15) is 4.31 Å². The molecule has 0 fully saturated rings. The highest BCUT2D eigenvalue weighted by molar-refractivity contribution is 7.88. The highest BCUT2D eigenvalue weighted by Gasteiger charge is 2.42. The average molecular weight is 293 g/mol. The molecule has 0 saturated carbocycles. The lowest BCUT2D eigenvalue weighted by Crippen LogP contribution is -2.53. The minimum atomic E-state index is -3.31. The summed E-state index contributed by atoms with van der Waals surface area (Å²) in [6.45, 7) is 15.6. The zero-order valence-electron chi connectivity index (χ0n) is 13.9. The molecule has 0 aromatic carbocycles. The van der Waals surface area contributed by atoms with Crippen LogP contribution in [-0.2, 0) is 10.0 Å². The molecule has 0 aliphatic heterocycles. The van der Waals surface area contributed by atoms with Gasteiger partial charge in [0.25, 0.3) is 0 Å². The van der Waals surface area contributed by atoms with E-state index < -0.39 is 27.1 Å². The molecule has 0 aliphatic carbocycles. The third kappa shape index (κ3) is 5.40. The van der Waals surface area contributed by atoms with Gasteiger partial charge in [0.1, 0.15) is 0 Å². The molecule has 1 atom stereocenters. The molecule has 0 saturated heterocycles. The summed E-state index contributed by atoms with van der Waals surface area (Å²) in [7, 11) is -3.31. The topological polar surface area (TPSA) is 57.6 Å². The van der Waals surface area contributed by atoms with Gasteiger partial charge in [0.05, 0.1) is 12.4 Å². The van der Waals surface area contributed by atoms with Crippen molar-refractivity contribution in [1.82, 2.24) is 4.31 Å². The molecule has 0 spiro atoms. The van der Waals surface area contributed by atoms with Crippen LogP contribution in [0.25, 0.3) is 0 Å². The summed E-state index contributed by atoms with van der Waals surface area (Å²) in [5, 5.41) is 10.5. The van der Waals surface area contributed by atoms with Crippen LogP contribution >= 0.6 is 0 Å². The van der Waals surface area contributed by atoms with Crippen LogP contribution in [0, 0.1) is 10.8 Å². The van der Waals surface area contributed by atoms with Crippen molar-refractivity contribution in [3.63, 3.8) is 0 Å². The van der Waals surface area contributed by atoms with Crippen LogP contribution in [0.5, 0.6) is 0 Å². The number of aliphatic hydroxyl groups excluding tert-OH is 1. The van der Waals surface area contributed by atoms with E-state index in [-0.39, 0.29) is 5.41 Å². The van der Waals surface area contributed by atoms with E-state index in [1.807, 2.05) is 55.4 Å². The molecule has 5 heteroatoms. The number of aliphatic hydroxyl groups is 1. The van der Waals surface area contributed by atoms with Gasteiger partial charge in [0.2, 0.25) is 10.0 Å². The van der Waals surface area contributed by atoms with Crippen LogP contribution in [0.4, 0.5) is 0 Å². The standard InChI is InChI=1S/C14H31NO3S/c1-12(2,3)11(16)14(7,8)10-15(13(4,5)6)19(9,17)18/h11,16H,10H2,1-9H3. The fraction of sp³-hybridized carbons (Fsp3) is 1.00. The first-order valence-electron chi connectivity index (χ1n) is 6.65. The van der Waals surface area contributed by atoms with Crippen molar-refractivity contribution in [1.29, 1.82) is 0 Å². The highest BCUT2D eigenvalue weighted by Crippen LogP contribution is 2.36. The van der Waals surface area contributed by atoms with Crippen molar-refractivity contribution in [2.24, 2.45) is 10.8 Å². The lowest BCUT2D eigenvalue weighted by molar-refractivity contribution is -0.0451. The van der Waals surface area contributed by atoms with Crippen molar-refractivity contribution in [3.05, 3.63) is 0 Å². The van der Waals surface area contributed by atoms with Crippen molar-refractivity contribution < 1.29 is 13.5 Å². The lowest BCUT2D eigenvalue weighted by atomic mass is 9.73. The van der Waals surface area contributed by atoms with Gasteiger partial charge in [-0.05, 0) is 26.2 Å². The zero-order valence-corrected chi connectivity index (χ0v) is 14.7. The Morgan fingerprint density at radius 1 is 1.00 bits per heavy atom. The highest BCUT2D eigenvalue weighted by atomic mass is 32.2. The van der Waals surface area contributed by atoms with Crippen LogP contribution in [0.1, 0.15) is 55.4 Å². The van der Waals surface area contributed by atoms with E-state index in [2.05, 4.69) is 0 Å². The van der Waals surface area contributed by atoms with Gasteiger partial charge in [-0.3, -0.25) is 0 Å². The number of sulfonamides is 1. The third-order valence-corrected chi connectivity index (χ3v) is 4.74. The first-order chi connectivity index (χ1) is 7.99. The molecule has 0 bridgehead atoms. The summed E-state index contributed by atoms with van der Waals surface area (Å²) in [5.74, 6) is 0. The molecule has 0 amide bonds. The van der Waals surface area contributed by atoms with Gasteiger partial charge >= 0.3 is 0 Å². The predicted molar refractivity (Wildman–Crippen MR) is 80.5 cm³/mol. The molecule has 116 valence electrons. The molecular formula is C14H31NO3S. The lowest BCUT2D eigenvalue weighted by Gasteiger charge is -2.44. The zero-order chi connectivity index (χ0) is 15.9. The van der Waals surface area contributed by atoms with E-state index in [4.69, 9.17) is 0 Å². The monoisotopic (exact) mass is 293 g/mol. The van der Waals surface area contributed by atoms with Gasteiger partial charge in [0.15, 0.2) is 0 Å². The normalized spacial score (nSPS) is 16.8. The van der Waals surface area contributed by atoms with Crippen molar-refractivity contribution >= 4 is 10.0 Å². The molecule has 0 aromatic rings. The first kappa shape index (κ1) is 18.9. The van der Waals surface area contributed by atoms with Crippen molar-refractivity contribution in [2.75, 3.05) is 12.8 Å². The molecule has 19 heavy (non-hydrogen) atoms. The van der Waals surface area contributed by atoms with E-state index in [1.54, 1.807) is 0 Å². The van der Waals surface area contributed by atoms with E-state index in [9.17, 15) is 13.5 Å². The maximum Gasteiger partial charge on any atom is 0.211 e. The molecule has 1 unspecified atom stereocenters. The largest absolute Gasteiger partial charge is 0.392 e. The van der Waals surface area contributed by atoms with Gasteiger partial charge in [-0.1, -0.05) is 34.6 Å². The van der Waals surface area contributed by atoms with Crippen molar-refractivity contribution in [3.8, 4) is 0 Å². The van der Waals surface area contributed by atoms with Crippen molar-refractivity contribution in [2.45, 2.75) is 67.0 Å². The minimum Gasteiger partial charge on any atom is -0.392 e. The second-order valence-corrected chi connectivity index (χ2v) is 10.1. The Hall–Kier alpha value is -0.130. The Morgan fingerprint density at radius 2 is 1.37 bits per heavy atom. The van der Waals surface area contributed by atoms with Crippen LogP contribution in [0.3, 0.4) is 0 Å². The Bertz CT molecular complexity index is 399. The van der Waals surface area contributed by atoms with Gasteiger partial charge in [-0.15, -0.1) is 0 Å². The second kappa shape index (κ2) is 5.34. The maximum absolute atomic E-state index is 12.0. The summed E-state index contributed by atoms with van der Waals surface area (Å²) in [6.07, 6.45) is 0.629. The Kier molecular flexibility index (Phi) is 5.30. The van der Waals surface area contributed by atoms with Crippen LogP contribution in [-0.4, -0.2) is 42.3 Å². The third-order valence-electron chi connectivity index (χ3n) is 3.26. The van der Waals surface area contributed by atoms with Crippen LogP contribution < -0.4 is 0 Å². The fourth-order valence-electron chi connectivity index (χ4n) is 2.48. The number of hydrogen-bond donors (Lipinski definition) is 1. The first-order valence-corrected chi connectivity index (χ1v) is 8.50. The summed E-state index contributed by atoms with van der Waals surface area (Å²) in [4.78, 5) is 0. The molecule has 1 N–H and O–H groups in total. The van der Waals surface area contributed by atoms with Gasteiger partial charge < -0.3 is 5.11 Å². The maximum atomic E-state index is 12.0. The number of rotatable bonds is 4.